The van der Waals surface area contributed by atoms with Crippen LogP contribution in [0.1, 0.15) is 31.0 Å². The summed E-state index contributed by atoms with van der Waals surface area (Å²) in [5.74, 6) is -0.226. The summed E-state index contributed by atoms with van der Waals surface area (Å²) in [4.78, 5) is 2.21. The van der Waals surface area contributed by atoms with Gasteiger partial charge in [0, 0.05) is 49.8 Å². The molecule has 22 heavy (non-hydrogen) atoms. The number of aliphatic hydroxyl groups is 1. The van der Waals surface area contributed by atoms with Crippen LogP contribution in [-0.2, 0) is 0 Å². The van der Waals surface area contributed by atoms with Gasteiger partial charge in [0.15, 0.2) is 0 Å². The lowest BCUT2D eigenvalue weighted by Gasteiger charge is -2.43. The fraction of sp³-hybridized carbons (Fsp3) is 0.625. The van der Waals surface area contributed by atoms with E-state index in [2.05, 4.69) is 10.2 Å². The average Bonchev–Trinajstić information content (AvgIpc) is 2.45. The molecule has 1 aromatic rings. The Kier molecular flexibility index (Phi) is 6.62. The number of halogens is 2. The SMILES string of the molecule is Cc1cc(F)cc([C@@H](N2CCNCC2)C(C)(C)CO)c1O.Cl. The van der Waals surface area contributed by atoms with Crippen molar-refractivity contribution < 1.29 is 14.6 Å². The Balaban J connectivity index is 0.00000242. The molecule has 0 bridgehead atoms. The molecule has 1 aliphatic rings. The molecule has 0 unspecified atom stereocenters. The van der Waals surface area contributed by atoms with E-state index in [1.165, 1.54) is 12.1 Å². The van der Waals surface area contributed by atoms with E-state index in [-0.39, 0.29) is 36.6 Å². The van der Waals surface area contributed by atoms with Crippen molar-refractivity contribution in [3.63, 3.8) is 0 Å². The monoisotopic (exact) mass is 332 g/mol. The highest BCUT2D eigenvalue weighted by molar-refractivity contribution is 5.85. The summed E-state index contributed by atoms with van der Waals surface area (Å²) in [7, 11) is 0. The Hall–Kier alpha value is -0.880. The molecule has 0 radical (unpaired) electrons. The van der Waals surface area contributed by atoms with Crippen LogP contribution in [0.4, 0.5) is 4.39 Å². The summed E-state index contributed by atoms with van der Waals surface area (Å²) >= 11 is 0. The molecule has 126 valence electrons. The van der Waals surface area contributed by atoms with Gasteiger partial charge in [-0.1, -0.05) is 13.8 Å². The van der Waals surface area contributed by atoms with Crippen molar-refractivity contribution in [2.45, 2.75) is 26.8 Å². The van der Waals surface area contributed by atoms with Gasteiger partial charge in [0.05, 0.1) is 0 Å². The van der Waals surface area contributed by atoms with Crippen molar-refractivity contribution in [1.82, 2.24) is 10.2 Å². The van der Waals surface area contributed by atoms with E-state index in [9.17, 15) is 14.6 Å². The Morgan fingerprint density at radius 1 is 1.32 bits per heavy atom. The average molecular weight is 333 g/mol. The summed E-state index contributed by atoms with van der Waals surface area (Å²) in [6.07, 6.45) is 0. The minimum atomic E-state index is -0.477. The van der Waals surface area contributed by atoms with Crippen molar-refractivity contribution in [1.29, 1.82) is 0 Å². The summed E-state index contributed by atoms with van der Waals surface area (Å²) < 4.78 is 13.8. The van der Waals surface area contributed by atoms with Gasteiger partial charge in [-0.3, -0.25) is 4.90 Å². The quantitative estimate of drug-likeness (QED) is 0.791. The fourth-order valence-electron chi connectivity index (χ4n) is 3.11. The number of aryl methyl sites for hydroxylation is 1. The minimum Gasteiger partial charge on any atom is -0.507 e. The molecule has 2 rings (SSSR count). The Labute approximate surface area is 137 Å². The third-order valence-corrected chi connectivity index (χ3v) is 4.25. The van der Waals surface area contributed by atoms with Crippen LogP contribution in [0.15, 0.2) is 12.1 Å². The number of nitrogens with zero attached hydrogens (tertiary/aromatic N) is 1. The molecule has 0 aliphatic carbocycles. The van der Waals surface area contributed by atoms with Crippen molar-refractivity contribution in [2.24, 2.45) is 5.41 Å². The van der Waals surface area contributed by atoms with Crippen molar-refractivity contribution in [2.75, 3.05) is 32.8 Å². The molecule has 3 N–H and O–H groups in total. The first-order chi connectivity index (χ1) is 9.86. The number of aromatic hydroxyl groups is 1. The van der Waals surface area contributed by atoms with Crippen LogP contribution >= 0.6 is 12.4 Å². The van der Waals surface area contributed by atoms with Crippen LogP contribution in [0, 0.1) is 18.2 Å². The van der Waals surface area contributed by atoms with E-state index in [4.69, 9.17) is 0 Å². The van der Waals surface area contributed by atoms with Crippen LogP contribution < -0.4 is 5.32 Å². The number of rotatable bonds is 4. The maximum atomic E-state index is 13.8. The van der Waals surface area contributed by atoms with E-state index >= 15 is 0 Å². The summed E-state index contributed by atoms with van der Waals surface area (Å²) in [6.45, 7) is 8.88. The number of phenolic OH excluding ortho intramolecular Hbond substituents is 1. The number of hydrogen-bond acceptors (Lipinski definition) is 4. The highest BCUT2D eigenvalue weighted by Gasteiger charge is 2.37. The van der Waals surface area contributed by atoms with Crippen LogP contribution in [0.5, 0.6) is 5.75 Å². The largest absolute Gasteiger partial charge is 0.507 e. The van der Waals surface area contributed by atoms with E-state index < -0.39 is 5.41 Å². The molecule has 0 spiro atoms. The zero-order chi connectivity index (χ0) is 15.6. The molecule has 1 heterocycles. The molecule has 6 heteroatoms. The van der Waals surface area contributed by atoms with Gasteiger partial charge in [0.25, 0.3) is 0 Å². The molecule has 0 saturated carbocycles. The standard InChI is InChI=1S/C16H25FN2O2.ClH/c1-11-8-12(17)9-13(14(11)21)15(16(2,3)10-20)19-6-4-18-5-7-19;/h8-9,15,18,20-21H,4-7,10H2,1-3H3;1H/t15-;/m1./s1. The van der Waals surface area contributed by atoms with Crippen molar-refractivity contribution in [3.8, 4) is 5.75 Å². The second-order valence-corrected chi connectivity index (χ2v) is 6.50. The topological polar surface area (TPSA) is 55.7 Å². The lowest BCUT2D eigenvalue weighted by Crippen LogP contribution is -2.49. The Bertz CT molecular complexity index is 505. The summed E-state index contributed by atoms with van der Waals surface area (Å²) in [5.41, 5.74) is 0.613. The normalized spacial score (nSPS) is 17.9. The molecule has 4 nitrogen and oxygen atoms in total. The van der Waals surface area contributed by atoms with E-state index in [1.807, 2.05) is 13.8 Å². The van der Waals surface area contributed by atoms with Gasteiger partial charge in [0.2, 0.25) is 0 Å². The van der Waals surface area contributed by atoms with Crippen LogP contribution in [0.25, 0.3) is 0 Å². The fourth-order valence-corrected chi connectivity index (χ4v) is 3.11. The Morgan fingerprint density at radius 2 is 1.91 bits per heavy atom. The molecule has 1 aliphatic heterocycles. The number of benzene rings is 1. The summed E-state index contributed by atoms with van der Waals surface area (Å²) in [5, 5.41) is 23.4. The summed E-state index contributed by atoms with van der Waals surface area (Å²) in [6, 6.07) is 2.51. The van der Waals surface area contributed by atoms with E-state index in [1.54, 1.807) is 6.92 Å². The van der Waals surface area contributed by atoms with Gasteiger partial charge in [-0.15, -0.1) is 12.4 Å². The Morgan fingerprint density at radius 3 is 2.45 bits per heavy atom. The minimum absolute atomic E-state index is 0. The number of piperazine rings is 1. The third kappa shape index (κ3) is 3.90. The van der Waals surface area contributed by atoms with Crippen LogP contribution in [0.3, 0.4) is 0 Å². The predicted molar refractivity (Wildman–Crippen MR) is 88.1 cm³/mol. The van der Waals surface area contributed by atoms with Gasteiger partial charge in [0.1, 0.15) is 11.6 Å². The predicted octanol–water partition coefficient (Wildman–Crippen LogP) is 2.23. The molecule has 0 amide bonds. The second-order valence-electron chi connectivity index (χ2n) is 6.50. The van der Waals surface area contributed by atoms with Gasteiger partial charge in [-0.2, -0.15) is 0 Å². The number of hydrogen-bond donors (Lipinski definition) is 3. The first kappa shape index (κ1) is 19.2. The molecule has 0 aromatic heterocycles. The molecule has 1 fully saturated rings. The molecule has 1 atom stereocenters. The van der Waals surface area contributed by atoms with Gasteiger partial charge in [-0.05, 0) is 24.6 Å². The smallest absolute Gasteiger partial charge is 0.124 e. The van der Waals surface area contributed by atoms with E-state index in [0.29, 0.717) is 11.1 Å². The number of nitrogens with one attached hydrogen (secondary N) is 1. The first-order valence-electron chi connectivity index (χ1n) is 7.41. The van der Waals surface area contributed by atoms with Gasteiger partial charge in [-0.25, -0.2) is 4.39 Å². The maximum Gasteiger partial charge on any atom is 0.124 e. The van der Waals surface area contributed by atoms with Gasteiger partial charge >= 0.3 is 0 Å². The highest BCUT2D eigenvalue weighted by Crippen LogP contribution is 2.43. The third-order valence-electron chi connectivity index (χ3n) is 4.25. The highest BCUT2D eigenvalue weighted by atomic mass is 35.5. The lowest BCUT2D eigenvalue weighted by molar-refractivity contribution is 0.0291. The first-order valence-corrected chi connectivity index (χ1v) is 7.41. The number of aliphatic hydroxyl groups excluding tert-OH is 1. The molecular formula is C16H26ClFN2O2. The van der Waals surface area contributed by atoms with Crippen LogP contribution in [0.2, 0.25) is 0 Å². The zero-order valence-corrected chi connectivity index (χ0v) is 14.2. The molecule has 1 saturated heterocycles. The zero-order valence-electron chi connectivity index (χ0n) is 13.4. The molecule has 1 aromatic carbocycles. The number of phenols is 1. The maximum absolute atomic E-state index is 13.8. The second kappa shape index (κ2) is 7.59. The van der Waals surface area contributed by atoms with Crippen molar-refractivity contribution in [3.05, 3.63) is 29.1 Å². The molecular weight excluding hydrogens is 307 g/mol. The van der Waals surface area contributed by atoms with Crippen LogP contribution in [-0.4, -0.2) is 47.9 Å². The van der Waals surface area contributed by atoms with E-state index in [0.717, 1.165) is 26.2 Å². The van der Waals surface area contributed by atoms with Gasteiger partial charge < -0.3 is 15.5 Å². The lowest BCUT2D eigenvalue weighted by atomic mass is 9.79. The van der Waals surface area contributed by atoms with Crippen molar-refractivity contribution >= 4 is 12.4 Å².